The quantitative estimate of drug-likeness (QED) is 0.447. The van der Waals surface area contributed by atoms with Crippen LogP contribution in [0.15, 0.2) is 30.6 Å². The molecule has 3 aliphatic rings. The number of hydrogen-bond donors (Lipinski definition) is 1. The summed E-state index contributed by atoms with van der Waals surface area (Å²) in [7, 11) is 0. The number of carbonyl (C=O) groups is 1. The van der Waals surface area contributed by atoms with Crippen molar-refractivity contribution in [2.45, 2.75) is 44.9 Å². The Balaban J connectivity index is 1.11. The van der Waals surface area contributed by atoms with E-state index in [1.54, 1.807) is 6.20 Å². The Hall–Kier alpha value is -3.12. The number of rotatable bonds is 7. The minimum atomic E-state index is -4.16. The molecule has 208 valence electrons. The summed E-state index contributed by atoms with van der Waals surface area (Å²) in [4.78, 5) is 25.7. The van der Waals surface area contributed by atoms with Crippen LogP contribution >= 0.6 is 0 Å². The largest absolute Gasteiger partial charge is 0.395 e. The summed E-state index contributed by atoms with van der Waals surface area (Å²) in [6.07, 6.45) is 0.714. The molecule has 0 spiro atoms. The standard InChI is InChI=1S/C27H31F4N7O/c28-7-10-36-11-12-38-23(16-36)21(15-33-38)19-1-2-20-14-32-25(34-22(20)13-19)35-24(39)18-3-8-37(9-4-18)17-26(5-6-26)27(29,30)31/h1-2,13-15,18H,3-12,16-17H2,(H,32,34,35,39). The van der Waals surface area contributed by atoms with E-state index < -0.39 is 11.6 Å². The highest BCUT2D eigenvalue weighted by Gasteiger charge is 2.63. The molecule has 1 saturated heterocycles. The van der Waals surface area contributed by atoms with Crippen LogP contribution in [0, 0.1) is 11.3 Å². The van der Waals surface area contributed by atoms with Gasteiger partial charge in [0.15, 0.2) is 0 Å². The van der Waals surface area contributed by atoms with Crippen molar-refractivity contribution in [1.29, 1.82) is 0 Å². The number of fused-ring (bicyclic) bond motifs is 2. The van der Waals surface area contributed by atoms with Crippen LogP contribution in [0.3, 0.4) is 0 Å². The van der Waals surface area contributed by atoms with Gasteiger partial charge in [0.1, 0.15) is 6.67 Å². The molecular weight excluding hydrogens is 514 g/mol. The lowest BCUT2D eigenvalue weighted by Gasteiger charge is -2.34. The molecule has 1 amide bonds. The molecule has 6 rings (SSSR count). The molecule has 39 heavy (non-hydrogen) atoms. The highest BCUT2D eigenvalue weighted by Crippen LogP contribution is 2.58. The minimum Gasteiger partial charge on any atom is -0.302 e. The number of likely N-dealkylation sites (tertiary alicyclic amines) is 1. The zero-order valence-corrected chi connectivity index (χ0v) is 21.6. The first kappa shape index (κ1) is 26.1. The molecule has 0 unspecified atom stereocenters. The molecule has 12 heteroatoms. The number of benzene rings is 1. The average molecular weight is 546 g/mol. The van der Waals surface area contributed by atoms with Crippen LogP contribution in [0.2, 0.25) is 0 Å². The molecule has 2 fully saturated rings. The predicted molar refractivity (Wildman–Crippen MR) is 138 cm³/mol. The Kier molecular flexibility index (Phi) is 6.78. The Bertz CT molecular complexity index is 1360. The molecule has 2 aromatic heterocycles. The second-order valence-electron chi connectivity index (χ2n) is 11.0. The van der Waals surface area contributed by atoms with Gasteiger partial charge in [0.2, 0.25) is 11.9 Å². The maximum atomic E-state index is 13.3. The summed E-state index contributed by atoms with van der Waals surface area (Å²) in [6.45, 7) is 3.07. The molecule has 8 nitrogen and oxygen atoms in total. The first-order chi connectivity index (χ1) is 18.7. The van der Waals surface area contributed by atoms with Crippen molar-refractivity contribution in [3.05, 3.63) is 36.3 Å². The molecule has 0 bridgehead atoms. The number of halogens is 4. The fraction of sp³-hybridized carbons (Fsp3) is 0.556. The van der Waals surface area contributed by atoms with Crippen molar-refractivity contribution in [2.24, 2.45) is 11.3 Å². The normalized spacial score (nSPS) is 20.2. The molecule has 1 N–H and O–H groups in total. The maximum absolute atomic E-state index is 13.3. The third kappa shape index (κ3) is 5.23. The van der Waals surface area contributed by atoms with Crippen molar-refractivity contribution in [3.8, 4) is 11.1 Å². The SMILES string of the molecule is O=C(Nc1ncc2ccc(-c3cnn4c3CN(CCF)CC4)cc2n1)C1CCN(CC2(C(F)(F)F)CC2)CC1. The first-order valence-electron chi connectivity index (χ1n) is 13.4. The number of alkyl halides is 4. The predicted octanol–water partition coefficient (Wildman–Crippen LogP) is 4.27. The summed E-state index contributed by atoms with van der Waals surface area (Å²) in [5.41, 5.74) is 2.05. The van der Waals surface area contributed by atoms with Gasteiger partial charge in [-0.05, 0) is 50.4 Å². The molecule has 1 saturated carbocycles. The summed E-state index contributed by atoms with van der Waals surface area (Å²) in [5, 5.41) is 8.14. The zero-order valence-electron chi connectivity index (χ0n) is 21.6. The van der Waals surface area contributed by atoms with Crippen molar-refractivity contribution in [1.82, 2.24) is 29.5 Å². The van der Waals surface area contributed by atoms with Crippen molar-refractivity contribution < 1.29 is 22.4 Å². The van der Waals surface area contributed by atoms with Gasteiger partial charge in [-0.2, -0.15) is 18.3 Å². The lowest BCUT2D eigenvalue weighted by Crippen LogP contribution is -2.44. The van der Waals surface area contributed by atoms with E-state index in [4.69, 9.17) is 0 Å². The fourth-order valence-corrected chi connectivity index (χ4v) is 5.78. The van der Waals surface area contributed by atoms with Crippen LogP contribution in [0.25, 0.3) is 22.0 Å². The van der Waals surface area contributed by atoms with Crippen LogP contribution in [-0.2, 0) is 17.9 Å². The van der Waals surface area contributed by atoms with E-state index in [2.05, 4.69) is 25.3 Å². The van der Waals surface area contributed by atoms with Crippen molar-refractivity contribution in [2.75, 3.05) is 44.7 Å². The highest BCUT2D eigenvalue weighted by molar-refractivity contribution is 5.92. The van der Waals surface area contributed by atoms with Gasteiger partial charge < -0.3 is 4.90 Å². The Morgan fingerprint density at radius 3 is 2.59 bits per heavy atom. The molecule has 0 radical (unpaired) electrons. The maximum Gasteiger partial charge on any atom is 0.395 e. The van der Waals surface area contributed by atoms with E-state index in [1.807, 2.05) is 34.0 Å². The lowest BCUT2D eigenvalue weighted by atomic mass is 9.94. The Labute approximate surface area is 223 Å². The van der Waals surface area contributed by atoms with Crippen molar-refractivity contribution >= 4 is 22.8 Å². The second kappa shape index (κ2) is 10.1. The van der Waals surface area contributed by atoms with E-state index in [-0.39, 0.29) is 43.8 Å². The van der Waals surface area contributed by atoms with Gasteiger partial charge in [0.05, 0.1) is 29.4 Å². The molecule has 3 aromatic rings. The number of carbonyl (C=O) groups excluding carboxylic acids is 1. The smallest absolute Gasteiger partial charge is 0.302 e. The van der Waals surface area contributed by atoms with E-state index in [1.165, 1.54) is 0 Å². The van der Waals surface area contributed by atoms with Gasteiger partial charge in [0.25, 0.3) is 0 Å². The lowest BCUT2D eigenvalue weighted by molar-refractivity contribution is -0.192. The summed E-state index contributed by atoms with van der Waals surface area (Å²) < 4.78 is 54.8. The number of amides is 1. The molecule has 4 heterocycles. The van der Waals surface area contributed by atoms with Crippen LogP contribution in [-0.4, -0.2) is 81.0 Å². The summed E-state index contributed by atoms with van der Waals surface area (Å²) in [6, 6.07) is 5.84. The number of anilines is 1. The minimum absolute atomic E-state index is 0.0233. The monoisotopic (exact) mass is 545 g/mol. The van der Waals surface area contributed by atoms with E-state index in [9.17, 15) is 22.4 Å². The van der Waals surface area contributed by atoms with E-state index in [0.717, 1.165) is 28.8 Å². The van der Waals surface area contributed by atoms with Gasteiger partial charge in [-0.15, -0.1) is 0 Å². The van der Waals surface area contributed by atoms with E-state index in [0.29, 0.717) is 51.1 Å². The molecular formula is C27H31F4N7O. The van der Waals surface area contributed by atoms with Crippen LogP contribution in [0.5, 0.6) is 0 Å². The van der Waals surface area contributed by atoms with Gasteiger partial charge in [-0.25, -0.2) is 14.4 Å². The summed E-state index contributed by atoms with van der Waals surface area (Å²) in [5.74, 6) is -0.299. The second-order valence-corrected chi connectivity index (χ2v) is 11.0. The first-order valence-corrected chi connectivity index (χ1v) is 13.4. The van der Waals surface area contributed by atoms with Crippen LogP contribution in [0.4, 0.5) is 23.5 Å². The van der Waals surface area contributed by atoms with Crippen LogP contribution < -0.4 is 5.32 Å². The third-order valence-corrected chi connectivity index (χ3v) is 8.42. The molecule has 2 aliphatic heterocycles. The van der Waals surface area contributed by atoms with E-state index >= 15 is 0 Å². The van der Waals surface area contributed by atoms with Gasteiger partial charge >= 0.3 is 6.18 Å². The number of piperidine rings is 1. The molecule has 1 aromatic carbocycles. The number of nitrogens with zero attached hydrogens (tertiary/aromatic N) is 6. The Morgan fingerprint density at radius 1 is 1.08 bits per heavy atom. The van der Waals surface area contributed by atoms with Gasteiger partial charge in [-0.3, -0.25) is 19.7 Å². The third-order valence-electron chi connectivity index (χ3n) is 8.42. The summed E-state index contributed by atoms with van der Waals surface area (Å²) >= 11 is 0. The number of nitrogens with one attached hydrogen (secondary N) is 1. The fourth-order valence-electron chi connectivity index (χ4n) is 5.78. The van der Waals surface area contributed by atoms with Gasteiger partial charge in [-0.1, -0.05) is 12.1 Å². The average Bonchev–Trinajstić information content (AvgIpc) is 3.60. The topological polar surface area (TPSA) is 79.2 Å². The Morgan fingerprint density at radius 2 is 1.87 bits per heavy atom. The highest BCUT2D eigenvalue weighted by atomic mass is 19.4. The number of aromatic nitrogens is 4. The molecule has 0 atom stereocenters. The van der Waals surface area contributed by atoms with Gasteiger partial charge in [0, 0.05) is 49.2 Å². The zero-order chi connectivity index (χ0) is 27.2. The van der Waals surface area contributed by atoms with Crippen molar-refractivity contribution in [3.63, 3.8) is 0 Å². The van der Waals surface area contributed by atoms with Crippen LogP contribution in [0.1, 0.15) is 31.4 Å². The number of hydrogen-bond acceptors (Lipinski definition) is 6. The molecule has 1 aliphatic carbocycles.